The van der Waals surface area contributed by atoms with Crippen LogP contribution in [0.2, 0.25) is 0 Å². The van der Waals surface area contributed by atoms with E-state index in [1.54, 1.807) is 11.3 Å². The van der Waals surface area contributed by atoms with E-state index in [9.17, 15) is 9.59 Å². The zero-order valence-electron chi connectivity index (χ0n) is 9.08. The van der Waals surface area contributed by atoms with E-state index in [0.717, 1.165) is 6.42 Å². The molecule has 0 bridgehead atoms. The van der Waals surface area contributed by atoms with E-state index < -0.39 is 11.9 Å². The lowest BCUT2D eigenvalue weighted by Crippen LogP contribution is -2.40. The Hall–Kier alpha value is -1.40. The Balaban J connectivity index is 2.30. The largest absolute Gasteiger partial charge is 0.351 e. The second-order valence-electron chi connectivity index (χ2n) is 3.24. The van der Waals surface area contributed by atoms with Crippen molar-refractivity contribution < 1.29 is 9.59 Å². The quantitative estimate of drug-likeness (QED) is 0.705. The summed E-state index contributed by atoms with van der Waals surface area (Å²) in [7, 11) is 0. The summed E-state index contributed by atoms with van der Waals surface area (Å²) in [5.41, 5.74) is 6.09. The second-order valence-corrected chi connectivity index (χ2v) is 4.24. The van der Waals surface area contributed by atoms with Crippen LogP contribution in [0.5, 0.6) is 0 Å². The Morgan fingerprint density at radius 1 is 1.50 bits per heavy atom. The molecule has 1 heterocycles. The fourth-order valence-electron chi connectivity index (χ4n) is 1.31. The molecule has 0 saturated heterocycles. The van der Waals surface area contributed by atoms with Gasteiger partial charge < -0.3 is 11.1 Å². The molecule has 4 N–H and O–H groups in total. The number of rotatable bonds is 5. The number of primary amides is 1. The third kappa shape index (κ3) is 4.00. The van der Waals surface area contributed by atoms with Crippen molar-refractivity contribution in [2.75, 3.05) is 6.54 Å². The van der Waals surface area contributed by atoms with E-state index in [4.69, 9.17) is 5.73 Å². The number of urea groups is 1. The normalized spacial score (nSPS) is 10.1. The molecule has 0 aliphatic carbocycles. The third-order valence-electron chi connectivity index (χ3n) is 2.05. The molecule has 0 aromatic carbocycles. The van der Waals surface area contributed by atoms with Crippen LogP contribution in [-0.2, 0) is 17.8 Å². The van der Waals surface area contributed by atoms with Gasteiger partial charge in [-0.3, -0.25) is 10.1 Å². The average molecular weight is 241 g/mol. The van der Waals surface area contributed by atoms with E-state index in [0.29, 0.717) is 6.54 Å². The predicted octanol–water partition coefficient (Wildman–Crippen LogP) is 0.595. The van der Waals surface area contributed by atoms with Gasteiger partial charge in [0, 0.05) is 11.4 Å². The van der Waals surface area contributed by atoms with Crippen molar-refractivity contribution in [3.8, 4) is 0 Å². The SMILES string of the molecule is CCc1ccsc1CNCC(=O)NC(N)=O. The summed E-state index contributed by atoms with van der Waals surface area (Å²) >= 11 is 1.65. The minimum absolute atomic E-state index is 0.0873. The molecule has 6 heteroatoms. The van der Waals surface area contributed by atoms with Crippen molar-refractivity contribution in [3.05, 3.63) is 21.9 Å². The van der Waals surface area contributed by atoms with Gasteiger partial charge in [-0.15, -0.1) is 11.3 Å². The number of carbonyl (C=O) groups excluding carboxylic acids is 2. The molecule has 5 nitrogen and oxygen atoms in total. The monoisotopic (exact) mass is 241 g/mol. The number of hydrogen-bond donors (Lipinski definition) is 3. The van der Waals surface area contributed by atoms with Gasteiger partial charge >= 0.3 is 6.03 Å². The Labute approximate surface area is 98.0 Å². The maximum absolute atomic E-state index is 11.1. The second kappa shape index (κ2) is 6.24. The molecule has 0 saturated carbocycles. The highest BCUT2D eigenvalue weighted by Crippen LogP contribution is 2.16. The minimum Gasteiger partial charge on any atom is -0.351 e. The third-order valence-corrected chi connectivity index (χ3v) is 3.02. The molecule has 1 rings (SSSR count). The summed E-state index contributed by atoms with van der Waals surface area (Å²) in [4.78, 5) is 22.6. The predicted molar refractivity (Wildman–Crippen MR) is 63.1 cm³/mol. The summed E-state index contributed by atoms with van der Waals surface area (Å²) in [6.07, 6.45) is 0.980. The maximum Gasteiger partial charge on any atom is 0.318 e. The standard InChI is InChI=1S/C10H15N3O2S/c1-2-7-3-4-16-8(7)5-12-6-9(14)13-10(11)15/h3-4,12H,2,5-6H2,1H3,(H3,11,13,14,15). The molecule has 0 aliphatic heterocycles. The van der Waals surface area contributed by atoms with Gasteiger partial charge in [0.2, 0.25) is 5.91 Å². The molecular formula is C10H15N3O2S. The summed E-state index contributed by atoms with van der Waals surface area (Å²) in [5.74, 6) is -0.415. The van der Waals surface area contributed by atoms with E-state index in [-0.39, 0.29) is 6.54 Å². The van der Waals surface area contributed by atoms with Crippen LogP contribution in [0, 0.1) is 0 Å². The molecular weight excluding hydrogens is 226 g/mol. The Morgan fingerprint density at radius 3 is 2.88 bits per heavy atom. The highest BCUT2D eigenvalue weighted by Gasteiger charge is 2.05. The minimum atomic E-state index is -0.822. The molecule has 0 fully saturated rings. The molecule has 1 aromatic heterocycles. The van der Waals surface area contributed by atoms with Crippen LogP contribution in [0.15, 0.2) is 11.4 Å². The number of thiophene rings is 1. The molecule has 0 radical (unpaired) electrons. The van der Waals surface area contributed by atoms with E-state index in [1.807, 2.05) is 10.7 Å². The highest BCUT2D eigenvalue weighted by atomic mass is 32.1. The molecule has 88 valence electrons. The van der Waals surface area contributed by atoms with Crippen molar-refractivity contribution in [2.24, 2.45) is 5.73 Å². The summed E-state index contributed by atoms with van der Waals surface area (Å²) < 4.78 is 0. The van der Waals surface area contributed by atoms with Gasteiger partial charge in [0.05, 0.1) is 6.54 Å². The molecule has 0 atom stereocenters. The van der Waals surface area contributed by atoms with Crippen molar-refractivity contribution >= 4 is 23.3 Å². The zero-order chi connectivity index (χ0) is 12.0. The number of aryl methyl sites for hydroxylation is 1. The zero-order valence-corrected chi connectivity index (χ0v) is 9.89. The van der Waals surface area contributed by atoms with Crippen LogP contribution in [-0.4, -0.2) is 18.5 Å². The van der Waals surface area contributed by atoms with Crippen molar-refractivity contribution in [3.63, 3.8) is 0 Å². The maximum atomic E-state index is 11.1. The summed E-state index contributed by atoms with van der Waals surface area (Å²) in [6.45, 7) is 2.81. The molecule has 3 amide bonds. The summed E-state index contributed by atoms with van der Waals surface area (Å²) in [6, 6.07) is 1.25. The van der Waals surface area contributed by atoms with Crippen LogP contribution in [0.4, 0.5) is 4.79 Å². The van der Waals surface area contributed by atoms with Crippen LogP contribution < -0.4 is 16.4 Å². The Bertz CT molecular complexity index is 376. The van der Waals surface area contributed by atoms with Crippen molar-refractivity contribution in [1.29, 1.82) is 0 Å². The lowest BCUT2D eigenvalue weighted by molar-refractivity contribution is -0.119. The molecule has 0 unspecified atom stereocenters. The lowest BCUT2D eigenvalue weighted by atomic mass is 10.2. The smallest absolute Gasteiger partial charge is 0.318 e. The van der Waals surface area contributed by atoms with Crippen LogP contribution in [0.3, 0.4) is 0 Å². The first kappa shape index (κ1) is 12.7. The molecule has 1 aromatic rings. The Kier molecular flexibility index (Phi) is 4.94. The van der Waals surface area contributed by atoms with Crippen LogP contribution in [0.1, 0.15) is 17.4 Å². The van der Waals surface area contributed by atoms with Gasteiger partial charge in [0.25, 0.3) is 0 Å². The fourth-order valence-corrected chi connectivity index (χ4v) is 2.25. The van der Waals surface area contributed by atoms with Gasteiger partial charge in [-0.1, -0.05) is 6.92 Å². The van der Waals surface area contributed by atoms with Gasteiger partial charge in [0.15, 0.2) is 0 Å². The fraction of sp³-hybridized carbons (Fsp3) is 0.400. The van der Waals surface area contributed by atoms with Crippen LogP contribution >= 0.6 is 11.3 Å². The van der Waals surface area contributed by atoms with Gasteiger partial charge in [-0.05, 0) is 23.4 Å². The number of amides is 3. The first-order chi connectivity index (χ1) is 7.63. The average Bonchev–Trinajstić information content (AvgIpc) is 2.64. The van der Waals surface area contributed by atoms with Gasteiger partial charge in [-0.25, -0.2) is 4.79 Å². The number of carbonyl (C=O) groups is 2. The number of nitrogens with two attached hydrogens (primary N) is 1. The number of nitrogens with one attached hydrogen (secondary N) is 2. The lowest BCUT2D eigenvalue weighted by Gasteiger charge is -2.04. The first-order valence-corrected chi connectivity index (χ1v) is 5.86. The van der Waals surface area contributed by atoms with Crippen molar-refractivity contribution in [2.45, 2.75) is 19.9 Å². The number of imide groups is 1. The summed E-state index contributed by atoms with van der Waals surface area (Å²) in [5, 5.41) is 6.98. The highest BCUT2D eigenvalue weighted by molar-refractivity contribution is 7.10. The Morgan fingerprint density at radius 2 is 2.25 bits per heavy atom. The van der Waals surface area contributed by atoms with Gasteiger partial charge in [0.1, 0.15) is 0 Å². The number of hydrogen-bond acceptors (Lipinski definition) is 4. The molecule has 16 heavy (non-hydrogen) atoms. The van der Waals surface area contributed by atoms with E-state index in [1.165, 1.54) is 10.4 Å². The van der Waals surface area contributed by atoms with Crippen LogP contribution in [0.25, 0.3) is 0 Å². The molecule has 0 spiro atoms. The topological polar surface area (TPSA) is 84.2 Å². The van der Waals surface area contributed by atoms with E-state index in [2.05, 4.69) is 18.3 Å². The van der Waals surface area contributed by atoms with E-state index >= 15 is 0 Å². The van der Waals surface area contributed by atoms with Crippen molar-refractivity contribution in [1.82, 2.24) is 10.6 Å². The first-order valence-electron chi connectivity index (χ1n) is 4.98. The molecule has 0 aliphatic rings. The van der Waals surface area contributed by atoms with Gasteiger partial charge in [-0.2, -0.15) is 0 Å².